The lowest BCUT2D eigenvalue weighted by Gasteiger charge is -2.29. The fraction of sp³-hybridized carbons (Fsp3) is 0.480. The molecular formula is C25H33N3O2. The second-order valence-corrected chi connectivity index (χ2v) is 8.72. The molecule has 0 unspecified atom stereocenters. The summed E-state index contributed by atoms with van der Waals surface area (Å²) in [7, 11) is 2.15. The fourth-order valence-electron chi connectivity index (χ4n) is 4.55. The van der Waals surface area contributed by atoms with Gasteiger partial charge in [-0.2, -0.15) is 0 Å². The average Bonchev–Trinajstić information content (AvgIpc) is 3.39. The Balaban J connectivity index is 1.46. The maximum atomic E-state index is 12.8. The highest BCUT2D eigenvalue weighted by Crippen LogP contribution is 2.32. The van der Waals surface area contributed by atoms with Gasteiger partial charge in [-0.25, -0.2) is 0 Å². The lowest BCUT2D eigenvalue weighted by Crippen LogP contribution is -2.36. The van der Waals surface area contributed by atoms with Gasteiger partial charge in [0.15, 0.2) is 0 Å². The molecule has 5 nitrogen and oxygen atoms in total. The summed E-state index contributed by atoms with van der Waals surface area (Å²) < 4.78 is 5.67. The summed E-state index contributed by atoms with van der Waals surface area (Å²) in [6.07, 6.45) is 3.69. The lowest BCUT2D eigenvalue weighted by atomic mass is 10.0. The number of likely N-dealkylation sites (N-methyl/N-ethyl adjacent to an activating group) is 1. The highest BCUT2D eigenvalue weighted by molar-refractivity contribution is 5.94. The third-order valence-corrected chi connectivity index (χ3v) is 6.14. The zero-order valence-corrected chi connectivity index (χ0v) is 18.4. The molecule has 30 heavy (non-hydrogen) atoms. The van der Waals surface area contributed by atoms with Gasteiger partial charge in [0.25, 0.3) is 5.91 Å². The first kappa shape index (κ1) is 20.7. The van der Waals surface area contributed by atoms with Crippen molar-refractivity contribution in [2.45, 2.75) is 45.3 Å². The van der Waals surface area contributed by atoms with Crippen LogP contribution in [-0.4, -0.2) is 50.1 Å². The summed E-state index contributed by atoms with van der Waals surface area (Å²) in [4.78, 5) is 17.6. The first-order chi connectivity index (χ1) is 14.5. The van der Waals surface area contributed by atoms with Crippen LogP contribution in [0.25, 0.3) is 0 Å². The van der Waals surface area contributed by atoms with Crippen LogP contribution in [0.2, 0.25) is 0 Å². The fourth-order valence-corrected chi connectivity index (χ4v) is 4.55. The molecule has 2 heterocycles. The van der Waals surface area contributed by atoms with E-state index in [0.717, 1.165) is 31.8 Å². The minimum absolute atomic E-state index is 0.0313. The van der Waals surface area contributed by atoms with E-state index in [2.05, 4.69) is 40.4 Å². The second kappa shape index (κ2) is 9.09. The molecule has 160 valence electrons. The number of amides is 1. The van der Waals surface area contributed by atoms with E-state index >= 15 is 0 Å². The van der Waals surface area contributed by atoms with Gasteiger partial charge in [-0.3, -0.25) is 9.69 Å². The molecule has 2 aromatic rings. The van der Waals surface area contributed by atoms with Crippen molar-refractivity contribution in [3.8, 4) is 5.75 Å². The Bertz CT molecular complexity index is 872. The van der Waals surface area contributed by atoms with Gasteiger partial charge in [-0.1, -0.05) is 12.1 Å². The Morgan fingerprint density at radius 2 is 1.80 bits per heavy atom. The molecule has 5 heteroatoms. The topological polar surface area (TPSA) is 44.8 Å². The number of rotatable bonds is 7. The normalized spacial score (nSPS) is 17.3. The molecule has 0 spiro atoms. The quantitative estimate of drug-likeness (QED) is 0.753. The number of ether oxygens (including phenoxy) is 1. The number of carbonyl (C=O) groups is 1. The number of benzene rings is 2. The Kier molecular flexibility index (Phi) is 6.28. The predicted octanol–water partition coefficient (Wildman–Crippen LogP) is 4.03. The van der Waals surface area contributed by atoms with Crippen molar-refractivity contribution in [2.24, 2.45) is 0 Å². The van der Waals surface area contributed by atoms with E-state index in [9.17, 15) is 4.79 Å². The first-order valence-corrected chi connectivity index (χ1v) is 11.1. The van der Waals surface area contributed by atoms with E-state index in [1.54, 1.807) is 0 Å². The van der Waals surface area contributed by atoms with Crippen LogP contribution in [0.5, 0.6) is 5.75 Å². The summed E-state index contributed by atoms with van der Waals surface area (Å²) in [5, 5.41) is 3.18. The highest BCUT2D eigenvalue weighted by atomic mass is 16.5. The molecule has 0 saturated carbocycles. The summed E-state index contributed by atoms with van der Waals surface area (Å²) >= 11 is 0. The molecule has 1 amide bonds. The molecule has 1 atom stereocenters. The number of likely N-dealkylation sites (tertiary alicyclic amines) is 1. The second-order valence-electron chi connectivity index (χ2n) is 8.72. The zero-order chi connectivity index (χ0) is 21.1. The van der Waals surface area contributed by atoms with Crippen LogP contribution in [0.3, 0.4) is 0 Å². The summed E-state index contributed by atoms with van der Waals surface area (Å²) in [6, 6.07) is 14.5. The van der Waals surface area contributed by atoms with Crippen molar-refractivity contribution in [2.75, 3.05) is 38.1 Å². The lowest BCUT2D eigenvalue weighted by molar-refractivity contribution is 0.0938. The molecular weight excluding hydrogens is 374 g/mol. The highest BCUT2D eigenvalue weighted by Gasteiger charge is 2.26. The van der Waals surface area contributed by atoms with E-state index < -0.39 is 0 Å². The maximum Gasteiger partial charge on any atom is 0.251 e. The number of nitrogens with one attached hydrogen (secondary N) is 1. The molecule has 4 rings (SSSR count). The Morgan fingerprint density at radius 1 is 1.07 bits per heavy atom. The standard InChI is InChI=1S/C25H33N3O2/c1-18(2)30-22-9-6-19(7-10-22)25(29)26-17-24(28-13-4-5-14-28)20-8-11-23-21(16-20)12-15-27(23)3/h6-11,16,18,24H,4-5,12-15,17H2,1-3H3,(H,26,29)/t24-/m0/s1. The average molecular weight is 408 g/mol. The zero-order valence-electron chi connectivity index (χ0n) is 18.4. The minimum Gasteiger partial charge on any atom is -0.491 e. The molecule has 0 radical (unpaired) electrons. The molecule has 1 saturated heterocycles. The SMILES string of the molecule is CC(C)Oc1ccc(C(=O)NC[C@@H](c2ccc3c(c2)CCN3C)N2CCCC2)cc1. The van der Waals surface area contributed by atoms with E-state index in [4.69, 9.17) is 4.74 Å². The van der Waals surface area contributed by atoms with Gasteiger partial charge in [-0.15, -0.1) is 0 Å². The van der Waals surface area contributed by atoms with Crippen molar-refractivity contribution in [3.63, 3.8) is 0 Å². The Morgan fingerprint density at radius 3 is 2.50 bits per heavy atom. The van der Waals surface area contributed by atoms with Crippen molar-refractivity contribution in [1.82, 2.24) is 10.2 Å². The summed E-state index contributed by atoms with van der Waals surface area (Å²) in [6.45, 7) is 7.89. The van der Waals surface area contributed by atoms with Gasteiger partial charge in [0.2, 0.25) is 0 Å². The van der Waals surface area contributed by atoms with E-state index in [1.165, 1.54) is 29.7 Å². The third kappa shape index (κ3) is 4.62. The van der Waals surface area contributed by atoms with E-state index in [-0.39, 0.29) is 18.1 Å². The van der Waals surface area contributed by atoms with Crippen molar-refractivity contribution < 1.29 is 9.53 Å². The van der Waals surface area contributed by atoms with Crippen molar-refractivity contribution in [1.29, 1.82) is 0 Å². The van der Waals surface area contributed by atoms with Crippen molar-refractivity contribution in [3.05, 3.63) is 59.2 Å². The van der Waals surface area contributed by atoms with Crippen LogP contribution in [-0.2, 0) is 6.42 Å². The van der Waals surface area contributed by atoms with Gasteiger partial charge in [0, 0.05) is 31.4 Å². The van der Waals surface area contributed by atoms with E-state index in [0.29, 0.717) is 12.1 Å². The van der Waals surface area contributed by atoms with Gasteiger partial charge >= 0.3 is 0 Å². The van der Waals surface area contributed by atoms with Gasteiger partial charge in [0.05, 0.1) is 12.1 Å². The number of nitrogens with zero attached hydrogens (tertiary/aromatic N) is 2. The first-order valence-electron chi connectivity index (χ1n) is 11.1. The minimum atomic E-state index is -0.0313. The molecule has 2 aromatic carbocycles. The predicted molar refractivity (Wildman–Crippen MR) is 122 cm³/mol. The largest absolute Gasteiger partial charge is 0.491 e. The van der Waals surface area contributed by atoms with Crippen LogP contribution in [0.15, 0.2) is 42.5 Å². The van der Waals surface area contributed by atoms with Crippen molar-refractivity contribution >= 4 is 11.6 Å². The molecule has 1 fully saturated rings. The Hall–Kier alpha value is -2.53. The maximum absolute atomic E-state index is 12.8. The van der Waals surface area contributed by atoms with Gasteiger partial charge in [-0.05, 0) is 87.7 Å². The molecule has 2 aliphatic heterocycles. The number of hydrogen-bond donors (Lipinski definition) is 1. The number of anilines is 1. The van der Waals surface area contributed by atoms with Gasteiger partial charge in [0.1, 0.15) is 5.75 Å². The Labute approximate surface area is 180 Å². The number of carbonyl (C=O) groups excluding carboxylic acids is 1. The third-order valence-electron chi connectivity index (χ3n) is 6.14. The van der Waals surface area contributed by atoms with Crippen LogP contribution in [0, 0.1) is 0 Å². The van der Waals surface area contributed by atoms with Crippen LogP contribution in [0.4, 0.5) is 5.69 Å². The smallest absolute Gasteiger partial charge is 0.251 e. The summed E-state index contributed by atoms with van der Waals surface area (Å²) in [5.41, 5.74) is 4.74. The van der Waals surface area contributed by atoms with Crippen LogP contribution >= 0.6 is 0 Å². The van der Waals surface area contributed by atoms with E-state index in [1.807, 2.05) is 38.1 Å². The number of fused-ring (bicyclic) bond motifs is 1. The van der Waals surface area contributed by atoms with Gasteiger partial charge < -0.3 is 15.0 Å². The monoisotopic (exact) mass is 407 g/mol. The molecule has 0 aliphatic carbocycles. The molecule has 0 bridgehead atoms. The molecule has 2 aliphatic rings. The van der Waals surface area contributed by atoms with Crippen LogP contribution in [0.1, 0.15) is 54.2 Å². The molecule has 1 N–H and O–H groups in total. The summed E-state index contributed by atoms with van der Waals surface area (Å²) in [5.74, 6) is 0.760. The number of hydrogen-bond acceptors (Lipinski definition) is 4. The van der Waals surface area contributed by atoms with Crippen LogP contribution < -0.4 is 15.0 Å². The molecule has 0 aromatic heterocycles.